The summed E-state index contributed by atoms with van der Waals surface area (Å²) >= 11 is 0. The summed E-state index contributed by atoms with van der Waals surface area (Å²) in [7, 11) is 0. The van der Waals surface area contributed by atoms with Crippen LogP contribution in [-0.2, 0) is 9.59 Å². The van der Waals surface area contributed by atoms with Crippen molar-refractivity contribution in [2.24, 2.45) is 5.73 Å². The lowest BCUT2D eigenvalue weighted by atomic mass is 10.1. The second-order valence-corrected chi connectivity index (χ2v) is 5.02. The SMILES string of the molecule is Cc1ccc(C#CCN)c(NC(=O)CN2CCCC2=O)c1. The van der Waals surface area contributed by atoms with Crippen LogP contribution < -0.4 is 11.1 Å². The fourth-order valence-electron chi connectivity index (χ4n) is 2.25. The quantitative estimate of drug-likeness (QED) is 0.809. The third-order valence-electron chi connectivity index (χ3n) is 3.28. The Balaban J connectivity index is 2.09. The topological polar surface area (TPSA) is 75.4 Å². The number of nitrogens with zero attached hydrogens (tertiary/aromatic N) is 1. The molecule has 1 aromatic carbocycles. The molecule has 110 valence electrons. The Morgan fingerprint density at radius 2 is 2.29 bits per heavy atom. The number of hydrogen-bond acceptors (Lipinski definition) is 3. The van der Waals surface area contributed by atoms with Crippen LogP contribution in [0.4, 0.5) is 5.69 Å². The van der Waals surface area contributed by atoms with Gasteiger partial charge in [0.05, 0.1) is 18.8 Å². The van der Waals surface area contributed by atoms with E-state index in [9.17, 15) is 9.59 Å². The molecule has 1 saturated heterocycles. The molecule has 1 aliphatic heterocycles. The smallest absolute Gasteiger partial charge is 0.244 e. The van der Waals surface area contributed by atoms with Gasteiger partial charge in [0.2, 0.25) is 11.8 Å². The van der Waals surface area contributed by atoms with Crippen LogP contribution in [0.25, 0.3) is 0 Å². The normalized spacial score (nSPS) is 13.8. The Morgan fingerprint density at radius 3 is 2.95 bits per heavy atom. The molecule has 2 amide bonds. The van der Waals surface area contributed by atoms with E-state index in [1.54, 1.807) is 4.90 Å². The van der Waals surface area contributed by atoms with E-state index in [-0.39, 0.29) is 24.9 Å². The van der Waals surface area contributed by atoms with Crippen molar-refractivity contribution in [1.82, 2.24) is 4.90 Å². The highest BCUT2D eigenvalue weighted by Crippen LogP contribution is 2.17. The van der Waals surface area contributed by atoms with Gasteiger partial charge in [-0.1, -0.05) is 17.9 Å². The van der Waals surface area contributed by atoms with Crippen LogP contribution >= 0.6 is 0 Å². The Hall–Kier alpha value is -2.32. The minimum Gasteiger partial charge on any atom is -0.333 e. The number of anilines is 1. The first-order valence-electron chi connectivity index (χ1n) is 6.97. The van der Waals surface area contributed by atoms with Crippen LogP contribution in [0.15, 0.2) is 18.2 Å². The summed E-state index contributed by atoms with van der Waals surface area (Å²) in [6.45, 7) is 2.96. The van der Waals surface area contributed by atoms with E-state index in [1.807, 2.05) is 25.1 Å². The highest BCUT2D eigenvalue weighted by atomic mass is 16.2. The predicted molar refractivity (Wildman–Crippen MR) is 81.6 cm³/mol. The summed E-state index contributed by atoms with van der Waals surface area (Å²) in [6.07, 6.45) is 1.36. The van der Waals surface area contributed by atoms with Crippen molar-refractivity contribution < 1.29 is 9.59 Å². The van der Waals surface area contributed by atoms with E-state index in [4.69, 9.17) is 5.73 Å². The number of nitrogens with two attached hydrogens (primary N) is 1. The van der Waals surface area contributed by atoms with Crippen LogP contribution in [-0.4, -0.2) is 36.3 Å². The number of nitrogens with one attached hydrogen (secondary N) is 1. The van der Waals surface area contributed by atoms with Crippen molar-refractivity contribution in [3.05, 3.63) is 29.3 Å². The van der Waals surface area contributed by atoms with Crippen molar-refractivity contribution in [1.29, 1.82) is 0 Å². The van der Waals surface area contributed by atoms with Gasteiger partial charge < -0.3 is 16.0 Å². The maximum atomic E-state index is 12.1. The highest BCUT2D eigenvalue weighted by Gasteiger charge is 2.22. The van der Waals surface area contributed by atoms with Gasteiger partial charge in [0, 0.05) is 18.5 Å². The molecule has 5 nitrogen and oxygen atoms in total. The average Bonchev–Trinajstić information content (AvgIpc) is 2.83. The first-order valence-corrected chi connectivity index (χ1v) is 6.97. The molecule has 0 bridgehead atoms. The molecule has 1 aliphatic rings. The first-order chi connectivity index (χ1) is 10.1. The van der Waals surface area contributed by atoms with Crippen molar-refractivity contribution in [2.45, 2.75) is 19.8 Å². The molecule has 0 radical (unpaired) electrons. The lowest BCUT2D eigenvalue weighted by Gasteiger charge is -2.15. The van der Waals surface area contributed by atoms with Gasteiger partial charge in [-0.3, -0.25) is 9.59 Å². The zero-order valence-electron chi connectivity index (χ0n) is 12.1. The predicted octanol–water partition coefficient (Wildman–Crippen LogP) is 0.866. The number of carbonyl (C=O) groups is 2. The van der Waals surface area contributed by atoms with Crippen LogP contribution in [0.5, 0.6) is 0 Å². The van der Waals surface area contributed by atoms with Gasteiger partial charge in [-0.2, -0.15) is 0 Å². The Kier molecular flexibility index (Phi) is 4.96. The highest BCUT2D eigenvalue weighted by molar-refractivity contribution is 5.96. The van der Waals surface area contributed by atoms with E-state index in [0.29, 0.717) is 18.7 Å². The third-order valence-corrected chi connectivity index (χ3v) is 3.28. The molecular weight excluding hydrogens is 266 g/mol. The Morgan fingerprint density at radius 1 is 1.48 bits per heavy atom. The van der Waals surface area contributed by atoms with Crippen molar-refractivity contribution >= 4 is 17.5 Å². The molecule has 21 heavy (non-hydrogen) atoms. The first kappa shape index (κ1) is 15.1. The molecule has 1 aromatic rings. The van der Waals surface area contributed by atoms with Gasteiger partial charge in [-0.05, 0) is 31.0 Å². The average molecular weight is 285 g/mol. The number of likely N-dealkylation sites (tertiary alicyclic amines) is 1. The van der Waals surface area contributed by atoms with E-state index in [1.165, 1.54) is 0 Å². The molecule has 0 aromatic heterocycles. The summed E-state index contributed by atoms with van der Waals surface area (Å²) < 4.78 is 0. The Labute approximate surface area is 124 Å². The molecule has 3 N–H and O–H groups in total. The van der Waals surface area contributed by atoms with Gasteiger partial charge in [0.25, 0.3) is 0 Å². The number of aryl methyl sites for hydroxylation is 1. The van der Waals surface area contributed by atoms with E-state index < -0.39 is 0 Å². The van der Waals surface area contributed by atoms with E-state index >= 15 is 0 Å². The fourth-order valence-corrected chi connectivity index (χ4v) is 2.25. The molecule has 5 heteroatoms. The van der Waals surface area contributed by atoms with Crippen LogP contribution in [0, 0.1) is 18.8 Å². The molecule has 1 fully saturated rings. The third kappa shape index (κ3) is 4.07. The van der Waals surface area contributed by atoms with Gasteiger partial charge in [0.15, 0.2) is 0 Å². The molecule has 0 unspecified atom stereocenters. The summed E-state index contributed by atoms with van der Waals surface area (Å²) in [5.41, 5.74) is 7.79. The van der Waals surface area contributed by atoms with E-state index in [0.717, 1.165) is 17.5 Å². The monoisotopic (exact) mass is 285 g/mol. The van der Waals surface area contributed by atoms with Crippen LogP contribution in [0.3, 0.4) is 0 Å². The second kappa shape index (κ2) is 6.91. The summed E-state index contributed by atoms with van der Waals surface area (Å²) in [4.78, 5) is 25.2. The number of rotatable bonds is 3. The summed E-state index contributed by atoms with van der Waals surface area (Å²) in [6, 6.07) is 5.65. The van der Waals surface area contributed by atoms with Crippen molar-refractivity contribution in [3.8, 4) is 11.8 Å². The maximum Gasteiger partial charge on any atom is 0.244 e. The van der Waals surface area contributed by atoms with Gasteiger partial charge >= 0.3 is 0 Å². The van der Waals surface area contributed by atoms with Gasteiger partial charge in [-0.15, -0.1) is 0 Å². The molecule has 0 aliphatic carbocycles. The largest absolute Gasteiger partial charge is 0.333 e. The van der Waals surface area contributed by atoms with Crippen molar-refractivity contribution in [3.63, 3.8) is 0 Å². The number of benzene rings is 1. The van der Waals surface area contributed by atoms with E-state index in [2.05, 4.69) is 17.2 Å². The Bertz CT molecular complexity index is 614. The second-order valence-electron chi connectivity index (χ2n) is 5.02. The molecule has 0 atom stereocenters. The lowest BCUT2D eigenvalue weighted by molar-refractivity contribution is -0.131. The number of amides is 2. The minimum absolute atomic E-state index is 0.0394. The molecular formula is C16H19N3O2. The van der Waals surface area contributed by atoms with Crippen LogP contribution in [0.1, 0.15) is 24.0 Å². The minimum atomic E-state index is -0.202. The zero-order valence-corrected chi connectivity index (χ0v) is 12.1. The summed E-state index contributed by atoms with van der Waals surface area (Å²) in [5, 5.41) is 2.83. The maximum absolute atomic E-state index is 12.1. The van der Waals surface area contributed by atoms with Gasteiger partial charge in [-0.25, -0.2) is 0 Å². The molecule has 2 rings (SSSR count). The zero-order chi connectivity index (χ0) is 15.2. The molecule has 0 saturated carbocycles. The lowest BCUT2D eigenvalue weighted by Crippen LogP contribution is -2.34. The van der Waals surface area contributed by atoms with Crippen LogP contribution in [0.2, 0.25) is 0 Å². The number of carbonyl (C=O) groups excluding carboxylic acids is 2. The molecule has 1 heterocycles. The van der Waals surface area contributed by atoms with Gasteiger partial charge in [0.1, 0.15) is 0 Å². The standard InChI is InChI=1S/C16H19N3O2/c1-12-6-7-13(4-2-8-17)14(10-12)18-15(20)11-19-9-3-5-16(19)21/h6-7,10H,3,5,8-9,11,17H2,1H3,(H,18,20). The number of hydrogen-bond donors (Lipinski definition) is 2. The summed E-state index contributed by atoms with van der Waals surface area (Å²) in [5.74, 6) is 5.55. The fraction of sp³-hybridized carbons (Fsp3) is 0.375. The van der Waals surface area contributed by atoms with Crippen molar-refractivity contribution in [2.75, 3.05) is 25.0 Å². The molecule has 0 spiro atoms.